The lowest BCUT2D eigenvalue weighted by molar-refractivity contribution is 1.68. The van der Waals surface area contributed by atoms with Gasteiger partial charge >= 0.3 is 0 Å². The highest BCUT2D eigenvalue weighted by molar-refractivity contribution is 7.79. The summed E-state index contributed by atoms with van der Waals surface area (Å²) in [5.41, 5.74) is 0. The van der Waals surface area contributed by atoms with Gasteiger partial charge in [0.15, 0.2) is 0 Å². The van der Waals surface area contributed by atoms with Crippen molar-refractivity contribution < 1.29 is 0 Å². The molecule has 4 aromatic rings. The van der Waals surface area contributed by atoms with E-state index in [1.54, 1.807) is 0 Å². The Labute approximate surface area is 170 Å². The normalized spacial score (nSPS) is 11.5. The summed E-state index contributed by atoms with van der Waals surface area (Å²) >= 11 is 0. The van der Waals surface area contributed by atoms with Crippen molar-refractivity contribution in [2.24, 2.45) is 0 Å². The molecule has 0 saturated carbocycles. The Morgan fingerprint density at radius 3 is 1.25 bits per heavy atom. The van der Waals surface area contributed by atoms with Gasteiger partial charge in [-0.2, -0.15) is 0 Å². The van der Waals surface area contributed by atoms with Gasteiger partial charge in [0, 0.05) is 0 Å². The Bertz CT molecular complexity index is 971. The van der Waals surface area contributed by atoms with Crippen molar-refractivity contribution in [3.63, 3.8) is 0 Å². The second-order valence-electron chi connectivity index (χ2n) is 7.54. The van der Waals surface area contributed by atoms with Crippen LogP contribution in [0.1, 0.15) is 0 Å². The first-order valence-corrected chi connectivity index (χ1v) is 14.1. The Morgan fingerprint density at radius 2 is 0.786 bits per heavy atom. The van der Waals surface area contributed by atoms with E-state index in [4.69, 9.17) is 0 Å². The third-order valence-electron chi connectivity index (χ3n) is 5.37. The van der Waals surface area contributed by atoms with Crippen LogP contribution in [0.25, 0.3) is 0 Å². The van der Waals surface area contributed by atoms with Crippen LogP contribution in [-0.4, -0.2) is 8.07 Å². The minimum atomic E-state index is -1.66. The zero-order valence-corrected chi connectivity index (χ0v) is 18.3. The van der Waals surface area contributed by atoms with Gasteiger partial charge in [-0.1, -0.05) is 139 Å². The van der Waals surface area contributed by atoms with Crippen LogP contribution in [0.3, 0.4) is 0 Å². The topological polar surface area (TPSA) is 0 Å². The second-order valence-corrected chi connectivity index (χ2v) is 14.2. The van der Waals surface area contributed by atoms with Crippen LogP contribution in [0.15, 0.2) is 115 Å². The van der Waals surface area contributed by atoms with Crippen molar-refractivity contribution in [1.82, 2.24) is 0 Å². The maximum atomic E-state index is 2.44. The zero-order valence-electron chi connectivity index (χ0n) is 16.4. The molecule has 4 rings (SSSR count). The Hall–Kier alpha value is -2.47. The quantitative estimate of drug-likeness (QED) is 0.349. The second kappa shape index (κ2) is 8.27. The summed E-state index contributed by atoms with van der Waals surface area (Å²) in [6.07, 6.45) is 0. The van der Waals surface area contributed by atoms with Crippen LogP contribution < -0.4 is 26.3 Å². The molecular formula is C26H25PSi. The molecule has 28 heavy (non-hydrogen) atoms. The molecule has 0 saturated heterocycles. The van der Waals surface area contributed by atoms with Gasteiger partial charge in [-0.15, -0.1) is 0 Å². The predicted octanol–water partition coefficient (Wildman–Crippen LogP) is 4.27. The van der Waals surface area contributed by atoms with Gasteiger partial charge < -0.3 is 0 Å². The molecule has 2 heteroatoms. The van der Waals surface area contributed by atoms with E-state index in [-0.39, 0.29) is 0 Å². The van der Waals surface area contributed by atoms with Crippen LogP contribution in [0.4, 0.5) is 0 Å². The summed E-state index contributed by atoms with van der Waals surface area (Å²) in [6, 6.07) is 42.2. The minimum absolute atomic E-state index is 0.533. The van der Waals surface area contributed by atoms with E-state index in [0.29, 0.717) is 0 Å². The minimum Gasteiger partial charge on any atom is -0.0626 e. The molecule has 0 atom stereocenters. The molecule has 0 unspecified atom stereocenters. The largest absolute Gasteiger partial charge is 0.112 e. The van der Waals surface area contributed by atoms with Crippen LogP contribution in [0, 0.1) is 0 Å². The average Bonchev–Trinajstić information content (AvgIpc) is 2.76. The third-order valence-corrected chi connectivity index (χ3v) is 11.4. The summed E-state index contributed by atoms with van der Waals surface area (Å²) in [4.78, 5) is 0. The van der Waals surface area contributed by atoms with E-state index in [9.17, 15) is 0 Å². The van der Waals surface area contributed by atoms with Crippen LogP contribution in [-0.2, 0) is 0 Å². The molecule has 0 radical (unpaired) electrons. The van der Waals surface area contributed by atoms with Gasteiger partial charge in [0.2, 0.25) is 0 Å². The standard InChI is InChI=1S/C26H25PSi/c1-28(2,25-16-10-5-11-17-25)26-20-18-24(19-21-26)27(22-12-6-3-7-13-22)23-14-8-4-9-15-23/h3-21H,1-2H3. The van der Waals surface area contributed by atoms with Crippen molar-refractivity contribution in [1.29, 1.82) is 0 Å². The fraction of sp³-hybridized carbons (Fsp3) is 0.0769. The molecule has 0 N–H and O–H groups in total. The molecule has 0 bridgehead atoms. The molecule has 0 aliphatic carbocycles. The molecule has 0 aliphatic heterocycles. The first-order valence-electron chi connectivity index (χ1n) is 9.72. The van der Waals surface area contributed by atoms with Crippen molar-refractivity contribution in [2.75, 3.05) is 0 Å². The van der Waals surface area contributed by atoms with E-state index >= 15 is 0 Å². The summed E-state index contributed by atoms with van der Waals surface area (Å²) in [5.74, 6) is 0. The van der Waals surface area contributed by atoms with E-state index in [2.05, 4.69) is 128 Å². The Kier molecular flexibility index (Phi) is 5.57. The fourth-order valence-electron chi connectivity index (χ4n) is 3.65. The van der Waals surface area contributed by atoms with Gasteiger partial charge in [-0.3, -0.25) is 0 Å². The zero-order chi connectivity index (χ0) is 19.4. The van der Waals surface area contributed by atoms with Crippen molar-refractivity contribution in [2.45, 2.75) is 13.1 Å². The van der Waals surface area contributed by atoms with Gasteiger partial charge in [0.1, 0.15) is 8.07 Å². The van der Waals surface area contributed by atoms with Crippen LogP contribution in [0.5, 0.6) is 0 Å². The monoisotopic (exact) mass is 396 g/mol. The lowest BCUT2D eigenvalue weighted by Crippen LogP contribution is -2.52. The lowest BCUT2D eigenvalue weighted by atomic mass is 10.3. The first kappa shape index (κ1) is 18.9. The van der Waals surface area contributed by atoms with Gasteiger partial charge in [0.25, 0.3) is 0 Å². The van der Waals surface area contributed by atoms with Crippen LogP contribution >= 0.6 is 7.92 Å². The van der Waals surface area contributed by atoms with Crippen LogP contribution in [0.2, 0.25) is 13.1 Å². The van der Waals surface area contributed by atoms with E-state index in [0.717, 1.165) is 0 Å². The van der Waals surface area contributed by atoms with Crippen molar-refractivity contribution >= 4 is 42.3 Å². The SMILES string of the molecule is C[Si](C)(c1ccccc1)c1ccc(P(c2ccccc2)c2ccccc2)cc1. The highest BCUT2D eigenvalue weighted by atomic mass is 31.1. The Morgan fingerprint density at radius 1 is 0.429 bits per heavy atom. The lowest BCUT2D eigenvalue weighted by Gasteiger charge is -2.25. The van der Waals surface area contributed by atoms with E-state index < -0.39 is 16.0 Å². The van der Waals surface area contributed by atoms with Crippen molar-refractivity contribution in [3.8, 4) is 0 Å². The number of benzene rings is 4. The molecular weight excluding hydrogens is 371 g/mol. The van der Waals surface area contributed by atoms with E-state index in [1.165, 1.54) is 26.3 Å². The molecule has 138 valence electrons. The molecule has 0 aromatic heterocycles. The number of hydrogen-bond donors (Lipinski definition) is 0. The van der Waals surface area contributed by atoms with Gasteiger partial charge in [-0.05, 0) is 23.8 Å². The summed E-state index contributed by atoms with van der Waals surface area (Å²) in [6.45, 7) is 4.88. The first-order chi connectivity index (χ1) is 13.7. The van der Waals surface area contributed by atoms with E-state index in [1.807, 2.05) is 0 Å². The number of rotatable bonds is 5. The summed E-state index contributed by atoms with van der Waals surface area (Å²) < 4.78 is 0. The maximum absolute atomic E-state index is 2.44. The molecule has 0 amide bonds. The fourth-order valence-corrected chi connectivity index (χ4v) is 8.29. The Balaban J connectivity index is 1.73. The van der Waals surface area contributed by atoms with Crippen molar-refractivity contribution in [3.05, 3.63) is 115 Å². The smallest absolute Gasteiger partial charge is 0.0626 e. The predicted molar refractivity (Wildman–Crippen MR) is 128 cm³/mol. The summed E-state index contributed by atoms with van der Waals surface area (Å²) in [7, 11) is -2.20. The number of hydrogen-bond acceptors (Lipinski definition) is 0. The highest BCUT2D eigenvalue weighted by Crippen LogP contribution is 2.32. The van der Waals surface area contributed by atoms with Gasteiger partial charge in [0.05, 0.1) is 0 Å². The maximum Gasteiger partial charge on any atom is 0.112 e. The van der Waals surface area contributed by atoms with Gasteiger partial charge in [-0.25, -0.2) is 0 Å². The molecule has 0 spiro atoms. The molecule has 0 heterocycles. The molecule has 4 aromatic carbocycles. The highest BCUT2D eigenvalue weighted by Gasteiger charge is 2.26. The molecule has 0 fully saturated rings. The third kappa shape index (κ3) is 3.87. The average molecular weight is 397 g/mol. The summed E-state index contributed by atoms with van der Waals surface area (Å²) in [5, 5.41) is 7.18. The molecule has 0 nitrogen and oxygen atoms in total. The molecule has 0 aliphatic rings.